The van der Waals surface area contributed by atoms with Crippen LogP contribution in [-0.2, 0) is 23.5 Å². The van der Waals surface area contributed by atoms with Gasteiger partial charge in [-0.3, -0.25) is 15.1 Å². The van der Waals surface area contributed by atoms with Crippen molar-refractivity contribution in [2.75, 3.05) is 19.4 Å². The van der Waals surface area contributed by atoms with Gasteiger partial charge in [0.25, 0.3) is 12.1 Å². The SMILES string of the molecule is COC(=O)c1c(C(F)F)nc(C(F)(F)F)c(C2=NCCS2)c1CC(C)C.O=C(O)c1cc(Oc2ccc(C(F)(F)F)cc2Cl)ccc1[N+](=O)[O-]. The van der Waals surface area contributed by atoms with Gasteiger partial charge in [-0.2, -0.15) is 26.3 Å². The molecule has 1 N–H and O–H groups in total. The lowest BCUT2D eigenvalue weighted by molar-refractivity contribution is -0.385. The van der Waals surface area contributed by atoms with Gasteiger partial charge in [-0.1, -0.05) is 25.4 Å². The smallest absolute Gasteiger partial charge is 0.434 e. The number of aromatic carboxylic acids is 1. The zero-order chi connectivity index (χ0) is 37.7. The Morgan fingerprint density at radius 1 is 1.08 bits per heavy atom. The molecule has 1 aliphatic heterocycles. The summed E-state index contributed by atoms with van der Waals surface area (Å²) in [5.74, 6) is -2.70. The predicted octanol–water partition coefficient (Wildman–Crippen LogP) is 9.27. The number of carboxylic acid groups (broad SMARTS) is 1. The van der Waals surface area contributed by atoms with E-state index >= 15 is 0 Å². The number of thioether (sulfide) groups is 1. The lowest BCUT2D eigenvalue weighted by Gasteiger charge is -2.22. The molecule has 50 heavy (non-hydrogen) atoms. The minimum absolute atomic E-state index is 0.0231. The van der Waals surface area contributed by atoms with Crippen LogP contribution in [0.5, 0.6) is 11.5 Å². The van der Waals surface area contributed by atoms with E-state index in [1.54, 1.807) is 13.8 Å². The summed E-state index contributed by atoms with van der Waals surface area (Å²) in [7, 11) is 0.982. The number of carbonyl (C=O) groups excluding carboxylic acids is 1. The summed E-state index contributed by atoms with van der Waals surface area (Å²) in [4.78, 5) is 40.3. The van der Waals surface area contributed by atoms with E-state index in [-0.39, 0.29) is 39.5 Å². The fourth-order valence-electron chi connectivity index (χ4n) is 4.47. The van der Waals surface area contributed by atoms with Crippen LogP contribution in [0.3, 0.4) is 0 Å². The molecule has 0 saturated heterocycles. The lowest BCUT2D eigenvalue weighted by Crippen LogP contribution is -2.24. The Balaban J connectivity index is 0.000000271. The van der Waals surface area contributed by atoms with E-state index in [0.29, 0.717) is 18.4 Å². The number of nitro benzene ring substituents is 1. The van der Waals surface area contributed by atoms with Crippen molar-refractivity contribution in [1.29, 1.82) is 0 Å². The number of ether oxygens (including phenoxy) is 2. The van der Waals surface area contributed by atoms with Crippen molar-refractivity contribution in [1.82, 2.24) is 4.98 Å². The predicted molar refractivity (Wildman–Crippen MR) is 165 cm³/mol. The molecule has 270 valence electrons. The number of hydrogen-bond donors (Lipinski definition) is 1. The highest BCUT2D eigenvalue weighted by atomic mass is 35.5. The third-order valence-corrected chi connectivity index (χ3v) is 7.78. The van der Waals surface area contributed by atoms with Crippen LogP contribution in [0.1, 0.15) is 69.1 Å². The fraction of sp³-hybridized carbons (Fsp3) is 0.333. The second-order valence-electron chi connectivity index (χ2n) is 10.5. The Morgan fingerprint density at radius 3 is 2.20 bits per heavy atom. The van der Waals surface area contributed by atoms with Gasteiger partial charge in [0.15, 0.2) is 5.69 Å². The zero-order valence-electron chi connectivity index (χ0n) is 25.8. The van der Waals surface area contributed by atoms with E-state index in [4.69, 9.17) is 21.4 Å². The van der Waals surface area contributed by atoms with Crippen LogP contribution in [0.15, 0.2) is 41.4 Å². The van der Waals surface area contributed by atoms with Crippen molar-refractivity contribution in [2.24, 2.45) is 10.9 Å². The number of esters is 1. The van der Waals surface area contributed by atoms with Crippen molar-refractivity contribution in [3.05, 3.63) is 90.7 Å². The number of rotatable bonds is 9. The Labute approximate surface area is 286 Å². The molecule has 0 bridgehead atoms. The van der Waals surface area contributed by atoms with Crippen LogP contribution in [0.25, 0.3) is 0 Å². The first-order valence-corrected chi connectivity index (χ1v) is 15.3. The van der Waals surface area contributed by atoms with Crippen LogP contribution < -0.4 is 4.74 Å². The van der Waals surface area contributed by atoms with Crippen molar-refractivity contribution < 1.29 is 64.2 Å². The molecule has 0 amide bonds. The van der Waals surface area contributed by atoms with Crippen LogP contribution in [-0.4, -0.2) is 51.4 Å². The number of nitro groups is 1. The second-order valence-corrected chi connectivity index (χ2v) is 12.0. The Bertz CT molecular complexity index is 1820. The molecule has 10 nitrogen and oxygen atoms in total. The first-order valence-electron chi connectivity index (χ1n) is 13.9. The molecule has 1 aromatic heterocycles. The first kappa shape index (κ1) is 39.9. The zero-order valence-corrected chi connectivity index (χ0v) is 27.4. The molecule has 0 spiro atoms. The number of halogens is 9. The normalized spacial score (nSPS) is 13.1. The molecule has 0 aliphatic carbocycles. The van der Waals surface area contributed by atoms with Crippen molar-refractivity contribution >= 4 is 46.0 Å². The van der Waals surface area contributed by atoms with E-state index in [0.717, 1.165) is 49.2 Å². The highest BCUT2D eigenvalue weighted by molar-refractivity contribution is 8.14. The average molecular weight is 758 g/mol. The van der Waals surface area contributed by atoms with Crippen LogP contribution in [0.2, 0.25) is 5.02 Å². The summed E-state index contributed by atoms with van der Waals surface area (Å²) in [5.41, 5.74) is -6.04. The van der Waals surface area contributed by atoms with Gasteiger partial charge in [-0.05, 0) is 42.2 Å². The van der Waals surface area contributed by atoms with Crippen molar-refractivity contribution in [3.8, 4) is 11.5 Å². The molecule has 3 aromatic rings. The van der Waals surface area contributed by atoms with Crippen LogP contribution in [0.4, 0.5) is 40.8 Å². The van der Waals surface area contributed by atoms with Crippen molar-refractivity contribution in [3.63, 3.8) is 0 Å². The van der Waals surface area contributed by atoms with Gasteiger partial charge in [-0.25, -0.2) is 23.4 Å². The number of hydrogen-bond acceptors (Lipinski definition) is 9. The third kappa shape index (κ3) is 9.58. The molecule has 20 heteroatoms. The largest absolute Gasteiger partial charge is 0.477 e. The lowest BCUT2D eigenvalue weighted by atomic mass is 9.91. The minimum atomic E-state index is -4.97. The van der Waals surface area contributed by atoms with E-state index in [9.17, 15) is 54.8 Å². The van der Waals surface area contributed by atoms with E-state index in [2.05, 4.69) is 14.7 Å². The molecule has 2 heterocycles. The van der Waals surface area contributed by atoms with Gasteiger partial charge in [0, 0.05) is 30.0 Å². The third-order valence-electron chi connectivity index (χ3n) is 6.49. The number of carbonyl (C=O) groups is 2. The number of nitrogens with zero attached hydrogens (tertiary/aromatic N) is 3. The van der Waals surface area contributed by atoms with Gasteiger partial charge >= 0.3 is 24.3 Å². The van der Waals surface area contributed by atoms with Crippen molar-refractivity contribution in [2.45, 2.75) is 39.0 Å². The number of benzene rings is 2. The maximum absolute atomic E-state index is 13.6. The highest BCUT2D eigenvalue weighted by Gasteiger charge is 2.42. The number of pyridine rings is 1. The number of methoxy groups -OCH3 is 1. The van der Waals surface area contributed by atoms with E-state index in [1.807, 2.05) is 0 Å². The summed E-state index contributed by atoms with van der Waals surface area (Å²) in [6, 6.07) is 5.27. The van der Waals surface area contributed by atoms with Gasteiger partial charge in [0.05, 0.1) is 28.2 Å². The van der Waals surface area contributed by atoms with Crippen LogP contribution >= 0.6 is 23.4 Å². The van der Waals surface area contributed by atoms with Gasteiger partial charge in [0.1, 0.15) is 27.8 Å². The van der Waals surface area contributed by atoms with E-state index < -0.39 is 75.0 Å². The maximum Gasteiger partial charge on any atom is 0.434 e. The molecule has 4 rings (SSSR count). The summed E-state index contributed by atoms with van der Waals surface area (Å²) < 4.78 is 115. The summed E-state index contributed by atoms with van der Waals surface area (Å²) in [5, 5.41) is 19.4. The molecule has 0 fully saturated rings. The fourth-order valence-corrected chi connectivity index (χ4v) is 5.61. The minimum Gasteiger partial charge on any atom is -0.477 e. The van der Waals surface area contributed by atoms with E-state index in [1.165, 1.54) is 0 Å². The molecule has 0 saturated carbocycles. The molecule has 1 aliphatic rings. The number of alkyl halides is 8. The molecule has 0 radical (unpaired) electrons. The monoisotopic (exact) mass is 757 g/mol. The molecular formula is C30H24ClF8N3O7S. The molecule has 0 unspecified atom stereocenters. The first-order chi connectivity index (χ1) is 23.2. The number of aliphatic imine (C=N–C) groups is 1. The second kappa shape index (κ2) is 16.0. The molecule has 0 atom stereocenters. The standard InChI is InChI=1S/C16H17F5N2O2S.C14H7ClF3NO5/c1-7(2)6-8-9(15(24)25-3)11(13(17)18)23-12(16(19,20)21)10(8)14-22-4-5-26-14;15-10-5-7(14(16,17)18)1-4-12(10)24-8-2-3-11(19(22)23)9(6-8)13(20)21/h7,13H,4-6H2,1-3H3;1-6H,(H,20,21). The summed E-state index contributed by atoms with van der Waals surface area (Å²) >= 11 is 6.80. The Kier molecular flexibility index (Phi) is 12.8. The number of aromatic nitrogens is 1. The molecular weight excluding hydrogens is 734 g/mol. The molecule has 2 aromatic carbocycles. The van der Waals surface area contributed by atoms with Gasteiger partial charge in [-0.15, -0.1) is 11.8 Å². The summed E-state index contributed by atoms with van der Waals surface area (Å²) in [6.07, 6.45) is -12.9. The van der Waals surface area contributed by atoms with Gasteiger partial charge in [0.2, 0.25) is 0 Å². The number of carboxylic acids is 1. The average Bonchev–Trinajstić information content (AvgIpc) is 3.54. The Morgan fingerprint density at radius 2 is 1.74 bits per heavy atom. The topological polar surface area (TPSA) is 141 Å². The van der Waals surface area contributed by atoms with Gasteiger partial charge < -0.3 is 14.6 Å². The Hall–Kier alpha value is -4.52. The van der Waals surface area contributed by atoms with Crippen LogP contribution in [0, 0.1) is 16.0 Å². The maximum atomic E-state index is 13.6. The summed E-state index contributed by atoms with van der Waals surface area (Å²) in [6.45, 7) is 3.73. The quantitative estimate of drug-likeness (QED) is 0.0978. The highest BCUT2D eigenvalue weighted by Crippen LogP contribution is 2.41.